The minimum Gasteiger partial charge on any atom is -0.464 e. The molecule has 1 N–H and O–H groups in total. The van der Waals surface area contributed by atoms with Crippen molar-refractivity contribution in [2.45, 2.75) is 6.17 Å². The van der Waals surface area contributed by atoms with Crippen molar-refractivity contribution < 1.29 is 9.53 Å². The Kier molecular flexibility index (Phi) is 1.81. The van der Waals surface area contributed by atoms with Crippen LogP contribution in [0, 0.1) is 0 Å². The third-order valence-corrected chi connectivity index (χ3v) is 1.97. The zero-order chi connectivity index (χ0) is 9.26. The van der Waals surface area contributed by atoms with Crippen LogP contribution >= 0.6 is 0 Å². The Morgan fingerprint density at radius 2 is 2.46 bits per heavy atom. The number of nitrogens with zero attached hydrogens (tertiary/aromatic N) is 1. The molecule has 4 nitrogen and oxygen atoms in total. The van der Waals surface area contributed by atoms with Gasteiger partial charge in [-0.25, -0.2) is 4.79 Å². The van der Waals surface area contributed by atoms with Crippen LogP contribution in [0.2, 0.25) is 0 Å². The lowest BCUT2D eigenvalue weighted by Gasteiger charge is -2.20. The molecule has 1 atom stereocenters. The Labute approximate surface area is 76.2 Å². The number of hydrogen-bond donors (Lipinski definition) is 1. The van der Waals surface area contributed by atoms with Gasteiger partial charge in [0, 0.05) is 12.4 Å². The van der Waals surface area contributed by atoms with Gasteiger partial charge in [-0.15, -0.1) is 0 Å². The molecule has 0 aromatic heterocycles. The van der Waals surface area contributed by atoms with Crippen LogP contribution in [0.4, 0.5) is 0 Å². The largest absolute Gasteiger partial charge is 0.464 e. The summed E-state index contributed by atoms with van der Waals surface area (Å²) in [4.78, 5) is 13.0. The van der Waals surface area contributed by atoms with Crippen molar-refractivity contribution in [3.05, 3.63) is 36.3 Å². The molecule has 0 spiro atoms. The highest BCUT2D eigenvalue weighted by atomic mass is 16.5. The predicted molar refractivity (Wildman–Crippen MR) is 47.1 cm³/mol. The minimum absolute atomic E-state index is 0.0547. The van der Waals surface area contributed by atoms with Crippen molar-refractivity contribution in [2.24, 2.45) is 0 Å². The summed E-state index contributed by atoms with van der Waals surface area (Å²) in [6, 6.07) is 0. The quantitative estimate of drug-likeness (QED) is 0.587. The molecule has 0 aliphatic carbocycles. The smallest absolute Gasteiger partial charge is 0.355 e. The number of methoxy groups -OCH3 is 1. The SMILES string of the molecule is COC(=O)C1=CN2C=CC=CC2N1. The van der Waals surface area contributed by atoms with Crippen LogP contribution in [-0.2, 0) is 9.53 Å². The fourth-order valence-electron chi connectivity index (χ4n) is 1.32. The molecule has 0 bridgehead atoms. The van der Waals surface area contributed by atoms with Crippen molar-refractivity contribution in [1.29, 1.82) is 0 Å². The lowest BCUT2D eigenvalue weighted by molar-refractivity contribution is -0.136. The van der Waals surface area contributed by atoms with Crippen molar-refractivity contribution in [1.82, 2.24) is 10.2 Å². The summed E-state index contributed by atoms with van der Waals surface area (Å²) in [7, 11) is 1.37. The summed E-state index contributed by atoms with van der Waals surface area (Å²) < 4.78 is 4.60. The number of nitrogens with one attached hydrogen (secondary N) is 1. The maximum absolute atomic E-state index is 11.1. The molecule has 0 aromatic carbocycles. The molecule has 68 valence electrons. The Bertz CT molecular complexity index is 318. The summed E-state index contributed by atoms with van der Waals surface area (Å²) in [5, 5.41) is 3.02. The summed E-state index contributed by atoms with van der Waals surface area (Å²) >= 11 is 0. The molecule has 0 aromatic rings. The zero-order valence-electron chi connectivity index (χ0n) is 7.23. The number of rotatable bonds is 1. The Hall–Kier alpha value is -1.71. The molecule has 13 heavy (non-hydrogen) atoms. The van der Waals surface area contributed by atoms with Crippen molar-refractivity contribution in [2.75, 3.05) is 7.11 Å². The number of ether oxygens (including phenoxy) is 1. The van der Waals surface area contributed by atoms with E-state index in [0.717, 1.165) is 0 Å². The summed E-state index contributed by atoms with van der Waals surface area (Å²) in [6.07, 6.45) is 9.49. The molecule has 0 radical (unpaired) electrons. The Morgan fingerprint density at radius 1 is 1.62 bits per heavy atom. The summed E-state index contributed by atoms with van der Waals surface area (Å²) in [6.45, 7) is 0. The van der Waals surface area contributed by atoms with E-state index in [4.69, 9.17) is 0 Å². The minimum atomic E-state index is -0.337. The number of carbonyl (C=O) groups excluding carboxylic acids is 1. The van der Waals surface area contributed by atoms with E-state index < -0.39 is 0 Å². The highest BCUT2D eigenvalue weighted by molar-refractivity contribution is 5.88. The average molecular weight is 178 g/mol. The monoisotopic (exact) mass is 178 g/mol. The number of fused-ring (bicyclic) bond motifs is 1. The van der Waals surface area contributed by atoms with Crippen molar-refractivity contribution >= 4 is 5.97 Å². The van der Waals surface area contributed by atoms with Gasteiger partial charge >= 0.3 is 5.97 Å². The number of carbonyl (C=O) groups is 1. The third kappa shape index (κ3) is 1.30. The Balaban J connectivity index is 2.15. The van der Waals surface area contributed by atoms with Crippen molar-refractivity contribution in [3.8, 4) is 0 Å². The van der Waals surface area contributed by atoms with E-state index in [0.29, 0.717) is 5.70 Å². The first-order valence-electron chi connectivity index (χ1n) is 4.00. The molecule has 0 amide bonds. The van der Waals surface area contributed by atoms with E-state index in [2.05, 4.69) is 10.1 Å². The number of esters is 1. The van der Waals surface area contributed by atoms with Crippen molar-refractivity contribution in [3.63, 3.8) is 0 Å². The molecule has 1 unspecified atom stereocenters. The second-order valence-corrected chi connectivity index (χ2v) is 2.80. The third-order valence-electron chi connectivity index (χ3n) is 1.97. The van der Waals surface area contributed by atoms with Crippen LogP contribution in [0.25, 0.3) is 0 Å². The number of allylic oxidation sites excluding steroid dienone is 2. The van der Waals surface area contributed by atoms with Gasteiger partial charge in [-0.05, 0) is 12.2 Å². The van der Waals surface area contributed by atoms with E-state index in [1.165, 1.54) is 7.11 Å². The van der Waals surface area contributed by atoms with E-state index in [1.54, 1.807) is 6.20 Å². The lowest BCUT2D eigenvalue weighted by Crippen LogP contribution is -2.33. The van der Waals surface area contributed by atoms with Gasteiger partial charge in [0.15, 0.2) is 0 Å². The van der Waals surface area contributed by atoms with Crippen LogP contribution in [0.15, 0.2) is 36.3 Å². The van der Waals surface area contributed by atoms with Gasteiger partial charge < -0.3 is 15.0 Å². The maximum Gasteiger partial charge on any atom is 0.355 e. The molecular weight excluding hydrogens is 168 g/mol. The fraction of sp³-hybridized carbons (Fsp3) is 0.222. The van der Waals surface area contributed by atoms with Crippen LogP contribution < -0.4 is 5.32 Å². The normalized spacial score (nSPS) is 23.6. The van der Waals surface area contributed by atoms with Gasteiger partial charge in [0.05, 0.1) is 7.11 Å². The van der Waals surface area contributed by atoms with E-state index in [-0.39, 0.29) is 12.1 Å². The second-order valence-electron chi connectivity index (χ2n) is 2.80. The van der Waals surface area contributed by atoms with Gasteiger partial charge in [0.2, 0.25) is 0 Å². The first-order valence-corrected chi connectivity index (χ1v) is 4.00. The van der Waals surface area contributed by atoms with Crippen LogP contribution in [0.5, 0.6) is 0 Å². The zero-order valence-corrected chi connectivity index (χ0v) is 7.23. The highest BCUT2D eigenvalue weighted by Gasteiger charge is 2.25. The first kappa shape index (κ1) is 7.91. The molecule has 0 fully saturated rings. The van der Waals surface area contributed by atoms with Gasteiger partial charge in [0.1, 0.15) is 11.9 Å². The molecule has 2 rings (SSSR count). The van der Waals surface area contributed by atoms with Gasteiger partial charge in [-0.2, -0.15) is 0 Å². The topological polar surface area (TPSA) is 41.6 Å². The summed E-state index contributed by atoms with van der Waals surface area (Å²) in [5.41, 5.74) is 0.490. The van der Waals surface area contributed by atoms with Crippen LogP contribution in [-0.4, -0.2) is 24.1 Å². The lowest BCUT2D eigenvalue weighted by atomic mass is 10.3. The predicted octanol–water partition coefficient (Wildman–Crippen LogP) is 0.316. The molecule has 0 saturated carbocycles. The molecule has 0 saturated heterocycles. The van der Waals surface area contributed by atoms with Crippen LogP contribution in [0.1, 0.15) is 0 Å². The molecule has 2 heterocycles. The van der Waals surface area contributed by atoms with E-state index in [1.807, 2.05) is 29.3 Å². The fourth-order valence-corrected chi connectivity index (χ4v) is 1.32. The maximum atomic E-state index is 11.1. The molecule has 4 heteroatoms. The molecule has 2 aliphatic heterocycles. The molecule has 2 aliphatic rings. The first-order chi connectivity index (χ1) is 6.31. The number of hydrogen-bond acceptors (Lipinski definition) is 4. The van der Waals surface area contributed by atoms with Gasteiger partial charge in [-0.1, -0.05) is 6.08 Å². The standard InChI is InChI=1S/C9H10N2O2/c1-13-9(12)7-6-11-5-3-2-4-8(11)10-7/h2-6,8,10H,1H3. The van der Waals surface area contributed by atoms with Crippen LogP contribution in [0.3, 0.4) is 0 Å². The average Bonchev–Trinajstić information content (AvgIpc) is 2.59. The van der Waals surface area contributed by atoms with E-state index in [9.17, 15) is 4.79 Å². The van der Waals surface area contributed by atoms with Gasteiger partial charge in [-0.3, -0.25) is 0 Å². The second kappa shape index (κ2) is 2.97. The Morgan fingerprint density at radius 3 is 3.15 bits per heavy atom. The van der Waals surface area contributed by atoms with E-state index >= 15 is 0 Å². The highest BCUT2D eigenvalue weighted by Crippen LogP contribution is 2.16. The molecular formula is C9H10N2O2. The van der Waals surface area contributed by atoms with Gasteiger partial charge in [0.25, 0.3) is 0 Å². The summed E-state index contributed by atoms with van der Waals surface area (Å²) in [5.74, 6) is -0.337.